The fourth-order valence-corrected chi connectivity index (χ4v) is 5.93. The molecule has 3 rings (SSSR count). The van der Waals surface area contributed by atoms with E-state index in [1.807, 2.05) is 0 Å². The molecule has 0 saturated carbocycles. The van der Waals surface area contributed by atoms with Crippen molar-refractivity contribution in [3.63, 3.8) is 0 Å². The molecule has 0 saturated heterocycles. The number of rotatable bonds is 7. The lowest BCUT2D eigenvalue weighted by molar-refractivity contribution is 0.594. The molecule has 30 heavy (non-hydrogen) atoms. The van der Waals surface area contributed by atoms with Gasteiger partial charge in [-0.15, -0.1) is 0 Å². The van der Waals surface area contributed by atoms with E-state index in [1.165, 1.54) is 36.4 Å². The smallest absolute Gasteiger partial charge is 0.201 e. The highest BCUT2D eigenvalue weighted by atomic mass is 35.5. The number of sulfonamides is 2. The van der Waals surface area contributed by atoms with E-state index in [9.17, 15) is 16.8 Å². The molecule has 154 valence electrons. The Kier molecular flexibility index (Phi) is 6.77. The SMILES string of the molecule is O=S(=O)(/C=C/c1ccccc1)N(c1cccc(Cl)c1)S(=O)(=O)/C=C/c1ccccc1. The third kappa shape index (κ3) is 5.60. The summed E-state index contributed by atoms with van der Waals surface area (Å²) in [6.45, 7) is 0. The normalized spacial score (nSPS) is 12.4. The minimum atomic E-state index is -4.40. The molecule has 0 aliphatic rings. The van der Waals surface area contributed by atoms with E-state index in [-0.39, 0.29) is 10.7 Å². The number of anilines is 1. The molecule has 5 nitrogen and oxygen atoms in total. The zero-order valence-electron chi connectivity index (χ0n) is 15.7. The highest BCUT2D eigenvalue weighted by Crippen LogP contribution is 2.27. The molecule has 0 unspecified atom stereocenters. The van der Waals surface area contributed by atoms with Crippen LogP contribution in [0.1, 0.15) is 11.1 Å². The summed E-state index contributed by atoms with van der Waals surface area (Å²) in [6.07, 6.45) is 2.67. The molecule has 3 aromatic carbocycles. The topological polar surface area (TPSA) is 71.5 Å². The van der Waals surface area contributed by atoms with Gasteiger partial charge in [-0.25, -0.2) is 16.8 Å². The Balaban J connectivity index is 2.06. The van der Waals surface area contributed by atoms with E-state index in [1.54, 1.807) is 60.7 Å². The maximum atomic E-state index is 13.1. The molecule has 0 heterocycles. The van der Waals surface area contributed by atoms with Gasteiger partial charge in [-0.1, -0.05) is 78.3 Å². The second kappa shape index (κ2) is 9.30. The monoisotopic (exact) mass is 459 g/mol. The summed E-state index contributed by atoms with van der Waals surface area (Å²) in [5, 5.41) is 1.93. The van der Waals surface area contributed by atoms with Gasteiger partial charge >= 0.3 is 0 Å². The summed E-state index contributed by atoms with van der Waals surface area (Å²) in [4.78, 5) is 0. The summed E-state index contributed by atoms with van der Waals surface area (Å²) in [6, 6.07) is 23.1. The van der Waals surface area contributed by atoms with Crippen molar-refractivity contribution in [2.45, 2.75) is 0 Å². The molecule has 0 aromatic heterocycles. The zero-order valence-corrected chi connectivity index (χ0v) is 18.1. The Morgan fingerprint density at radius 3 is 1.53 bits per heavy atom. The van der Waals surface area contributed by atoms with Crippen LogP contribution in [-0.4, -0.2) is 16.8 Å². The Morgan fingerprint density at radius 2 is 1.10 bits per heavy atom. The number of benzene rings is 3. The number of nitrogens with zero attached hydrogens (tertiary/aromatic N) is 1. The van der Waals surface area contributed by atoms with Crippen LogP contribution >= 0.6 is 11.6 Å². The highest BCUT2D eigenvalue weighted by molar-refractivity contribution is 8.12. The Morgan fingerprint density at radius 1 is 0.633 bits per heavy atom. The minimum absolute atomic E-state index is 0.0853. The van der Waals surface area contributed by atoms with Crippen LogP contribution in [0, 0.1) is 0 Å². The summed E-state index contributed by atoms with van der Waals surface area (Å²) in [5.41, 5.74) is 1.15. The van der Waals surface area contributed by atoms with Crippen LogP contribution in [-0.2, 0) is 20.0 Å². The van der Waals surface area contributed by atoms with Crippen molar-refractivity contribution in [1.82, 2.24) is 0 Å². The maximum Gasteiger partial charge on any atom is 0.270 e. The van der Waals surface area contributed by atoms with Gasteiger partial charge in [0, 0.05) is 5.02 Å². The first kappa shape index (κ1) is 21.8. The molecule has 0 bridgehead atoms. The standard InChI is InChI=1S/C22H18ClNO4S2/c23-21-12-7-13-22(18-21)24(29(25,26)16-14-19-8-3-1-4-9-19)30(27,28)17-15-20-10-5-2-6-11-20/h1-18H/b16-14+,17-15+. The van der Waals surface area contributed by atoms with Gasteiger partial charge in [0.05, 0.1) is 16.5 Å². The third-order valence-electron chi connectivity index (χ3n) is 3.95. The average molecular weight is 460 g/mol. The lowest BCUT2D eigenvalue weighted by atomic mass is 10.2. The van der Waals surface area contributed by atoms with E-state index >= 15 is 0 Å². The van der Waals surface area contributed by atoms with Gasteiger partial charge in [0.1, 0.15) is 0 Å². The number of hydrogen-bond acceptors (Lipinski definition) is 4. The molecule has 0 N–H and O–H groups in total. The molecule has 0 radical (unpaired) electrons. The van der Waals surface area contributed by atoms with Crippen LogP contribution in [0.25, 0.3) is 12.2 Å². The summed E-state index contributed by atoms with van der Waals surface area (Å²) < 4.78 is 52.6. The van der Waals surface area contributed by atoms with E-state index < -0.39 is 20.0 Å². The average Bonchev–Trinajstić information content (AvgIpc) is 2.72. The van der Waals surface area contributed by atoms with E-state index in [0.29, 0.717) is 14.8 Å². The summed E-state index contributed by atoms with van der Waals surface area (Å²) >= 11 is 5.98. The van der Waals surface area contributed by atoms with Gasteiger partial charge in [0.25, 0.3) is 20.0 Å². The molecule has 8 heteroatoms. The first-order valence-corrected chi connectivity index (χ1v) is 12.2. The van der Waals surface area contributed by atoms with Crippen molar-refractivity contribution in [1.29, 1.82) is 0 Å². The molecule has 0 atom stereocenters. The highest BCUT2D eigenvalue weighted by Gasteiger charge is 2.31. The second-order valence-corrected chi connectivity index (χ2v) is 10.2. The van der Waals surface area contributed by atoms with Gasteiger partial charge in [0.2, 0.25) is 0 Å². The van der Waals surface area contributed by atoms with E-state index in [0.717, 1.165) is 10.8 Å². The van der Waals surface area contributed by atoms with Crippen molar-refractivity contribution in [2.75, 3.05) is 3.71 Å². The first-order chi connectivity index (χ1) is 14.3. The van der Waals surface area contributed by atoms with Gasteiger partial charge < -0.3 is 0 Å². The van der Waals surface area contributed by atoms with E-state index in [4.69, 9.17) is 11.6 Å². The molecule has 0 aliphatic heterocycles. The molecule has 0 spiro atoms. The molecule has 0 aliphatic carbocycles. The molecule has 3 aromatic rings. The van der Waals surface area contributed by atoms with Gasteiger partial charge in [-0.3, -0.25) is 0 Å². The van der Waals surface area contributed by atoms with Crippen molar-refractivity contribution in [3.8, 4) is 0 Å². The van der Waals surface area contributed by atoms with Gasteiger partial charge in [-0.05, 0) is 41.5 Å². The Bertz CT molecular complexity index is 1190. The quantitative estimate of drug-likeness (QED) is 0.490. The lowest BCUT2D eigenvalue weighted by Gasteiger charge is -2.20. The molecular weight excluding hydrogens is 442 g/mol. The maximum absolute atomic E-state index is 13.1. The summed E-state index contributed by atoms with van der Waals surface area (Å²) in [7, 11) is -8.80. The van der Waals surface area contributed by atoms with Crippen molar-refractivity contribution < 1.29 is 16.8 Å². The number of halogens is 1. The Labute approximate surface area is 181 Å². The minimum Gasteiger partial charge on any atom is -0.201 e. The predicted molar refractivity (Wildman–Crippen MR) is 123 cm³/mol. The summed E-state index contributed by atoms with van der Waals surface area (Å²) in [5.74, 6) is 0. The van der Waals surface area contributed by atoms with Crippen LogP contribution in [0.3, 0.4) is 0 Å². The molecule has 0 fully saturated rings. The molecular formula is C22H18ClNO4S2. The fourth-order valence-electron chi connectivity index (χ4n) is 2.60. The lowest BCUT2D eigenvalue weighted by Crippen LogP contribution is -2.34. The van der Waals surface area contributed by atoms with Crippen molar-refractivity contribution in [2.24, 2.45) is 0 Å². The number of hydrogen-bond donors (Lipinski definition) is 0. The van der Waals surface area contributed by atoms with Crippen LogP contribution in [0.5, 0.6) is 0 Å². The largest absolute Gasteiger partial charge is 0.270 e. The van der Waals surface area contributed by atoms with Crippen molar-refractivity contribution >= 4 is 49.5 Å². The van der Waals surface area contributed by atoms with Crippen LogP contribution in [0.15, 0.2) is 95.7 Å². The van der Waals surface area contributed by atoms with Crippen LogP contribution in [0.2, 0.25) is 5.02 Å². The molecule has 0 amide bonds. The predicted octanol–water partition coefficient (Wildman–Crippen LogP) is 5.15. The van der Waals surface area contributed by atoms with E-state index in [2.05, 4.69) is 0 Å². The first-order valence-electron chi connectivity index (χ1n) is 8.80. The fraction of sp³-hybridized carbons (Fsp3) is 0. The van der Waals surface area contributed by atoms with Crippen LogP contribution in [0.4, 0.5) is 5.69 Å². The zero-order chi connectivity index (χ0) is 21.6. The van der Waals surface area contributed by atoms with Gasteiger partial charge in [0.15, 0.2) is 0 Å². The second-order valence-electron chi connectivity index (χ2n) is 6.19. The van der Waals surface area contributed by atoms with Gasteiger partial charge in [-0.2, -0.15) is 3.71 Å². The Hall–Kier alpha value is -2.87. The van der Waals surface area contributed by atoms with Crippen molar-refractivity contribution in [3.05, 3.63) is 112 Å². The van der Waals surface area contributed by atoms with Crippen LogP contribution < -0.4 is 3.71 Å². The third-order valence-corrected chi connectivity index (χ3v) is 7.73.